The predicted octanol–water partition coefficient (Wildman–Crippen LogP) is 1.98. The highest BCUT2D eigenvalue weighted by atomic mass is 16.7. The Bertz CT molecular complexity index is 1440. The Hall–Kier alpha value is -4.13. The zero-order valence-corrected chi connectivity index (χ0v) is 24.0. The number of benzene rings is 1. The van der Waals surface area contributed by atoms with Crippen molar-refractivity contribution in [3.8, 4) is 23.8 Å². The highest BCUT2D eigenvalue weighted by Crippen LogP contribution is 2.37. The summed E-state index contributed by atoms with van der Waals surface area (Å²) in [7, 11) is 1.36. The molecule has 1 aromatic heterocycles. The molecule has 1 fully saturated rings. The molecule has 1 aliphatic heterocycles. The number of hydrogen-bond acceptors (Lipinski definition) is 12. The summed E-state index contributed by atoms with van der Waals surface area (Å²) in [5.74, 6) is 0.663. The third-order valence-electron chi connectivity index (χ3n) is 6.28. The molecule has 0 saturated carbocycles. The van der Waals surface area contributed by atoms with E-state index in [1.165, 1.54) is 26.2 Å². The number of carbonyl (C=O) groups is 2. The van der Waals surface area contributed by atoms with Gasteiger partial charge in [0.2, 0.25) is 6.29 Å². The van der Waals surface area contributed by atoms with Crippen LogP contribution in [0, 0.1) is 19.3 Å². The Morgan fingerprint density at radius 2 is 1.93 bits per heavy atom. The van der Waals surface area contributed by atoms with Gasteiger partial charge < -0.3 is 33.6 Å². The number of methoxy groups -OCH3 is 1. The van der Waals surface area contributed by atoms with Crippen LogP contribution in [0.2, 0.25) is 0 Å². The fourth-order valence-corrected chi connectivity index (χ4v) is 4.28. The van der Waals surface area contributed by atoms with Crippen LogP contribution in [0.1, 0.15) is 43.6 Å². The first-order valence-corrected chi connectivity index (χ1v) is 12.7. The first-order chi connectivity index (χ1) is 19.8. The van der Waals surface area contributed by atoms with Gasteiger partial charge in [-0.2, -0.15) is 5.48 Å². The zero-order chi connectivity index (χ0) is 31.2. The van der Waals surface area contributed by atoms with Crippen molar-refractivity contribution in [3.05, 3.63) is 45.3 Å². The van der Waals surface area contributed by atoms with E-state index in [1.54, 1.807) is 19.9 Å². The van der Waals surface area contributed by atoms with Crippen molar-refractivity contribution in [3.63, 3.8) is 0 Å². The topological polar surface area (TPSA) is 184 Å². The first kappa shape index (κ1) is 32.4. The molecule has 2 heterocycles. The Balaban J connectivity index is 1.88. The molecule has 1 saturated heterocycles. The Morgan fingerprint density at radius 3 is 2.57 bits per heavy atom. The largest absolute Gasteiger partial charge is 0.506 e. The number of hydroxylamine groups is 2. The highest BCUT2D eigenvalue weighted by Gasteiger charge is 2.53. The summed E-state index contributed by atoms with van der Waals surface area (Å²) >= 11 is 0. The molecule has 1 aliphatic rings. The van der Waals surface area contributed by atoms with Crippen LogP contribution in [0.4, 0.5) is 4.79 Å². The van der Waals surface area contributed by atoms with Crippen molar-refractivity contribution in [2.45, 2.75) is 64.8 Å². The van der Waals surface area contributed by atoms with Gasteiger partial charge in [0.25, 0.3) is 5.91 Å². The van der Waals surface area contributed by atoms with Gasteiger partial charge in [-0.15, -0.1) is 6.42 Å². The molecular formula is C28H34N2O12. The molecule has 14 heteroatoms. The molecule has 0 bridgehead atoms. The van der Waals surface area contributed by atoms with Crippen LogP contribution in [0.25, 0.3) is 11.0 Å². The monoisotopic (exact) mass is 590 g/mol. The van der Waals surface area contributed by atoms with E-state index in [0.29, 0.717) is 0 Å². The van der Waals surface area contributed by atoms with Crippen molar-refractivity contribution in [2.75, 3.05) is 20.3 Å². The lowest BCUT2D eigenvalue weighted by atomic mass is 9.89. The van der Waals surface area contributed by atoms with Crippen molar-refractivity contribution in [1.82, 2.24) is 11.0 Å². The summed E-state index contributed by atoms with van der Waals surface area (Å²) in [5.41, 5.74) is 2.33. The number of ether oxygens (including phenoxy) is 4. The van der Waals surface area contributed by atoms with Gasteiger partial charge >= 0.3 is 11.7 Å². The summed E-state index contributed by atoms with van der Waals surface area (Å²) in [6.07, 6.45) is 0.602. The fraction of sp³-hybridized carbons (Fsp3) is 0.464. The van der Waals surface area contributed by atoms with E-state index >= 15 is 0 Å². The molecule has 2 aromatic rings. The maximum Gasteiger partial charge on any atom is 0.431 e. The molecule has 4 N–H and O–H groups in total. The second-order valence-electron chi connectivity index (χ2n) is 10.0. The second kappa shape index (κ2) is 13.7. The lowest BCUT2D eigenvalue weighted by Crippen LogP contribution is -2.65. The van der Waals surface area contributed by atoms with Crippen molar-refractivity contribution >= 4 is 23.0 Å². The minimum atomic E-state index is -1.56. The first-order valence-electron chi connectivity index (χ1n) is 12.7. The fourth-order valence-electron chi connectivity index (χ4n) is 4.28. The Morgan fingerprint density at radius 1 is 1.21 bits per heavy atom. The molecule has 0 unspecified atom stereocenters. The van der Waals surface area contributed by atoms with E-state index in [9.17, 15) is 24.6 Å². The summed E-state index contributed by atoms with van der Waals surface area (Å²) in [5, 5.41) is 21.9. The third kappa shape index (κ3) is 7.19. The number of aliphatic hydroxyl groups is 1. The number of amides is 2. The number of carbonyl (C=O) groups excluding carboxylic acids is 2. The lowest BCUT2D eigenvalue weighted by molar-refractivity contribution is -0.305. The van der Waals surface area contributed by atoms with E-state index in [0.717, 1.165) is 5.57 Å². The number of aryl methyl sites for hydroxylation is 1. The average Bonchev–Trinajstić information content (AvgIpc) is 2.91. The summed E-state index contributed by atoms with van der Waals surface area (Å²) in [4.78, 5) is 47.2. The van der Waals surface area contributed by atoms with Crippen molar-refractivity contribution in [1.29, 1.82) is 0 Å². The summed E-state index contributed by atoms with van der Waals surface area (Å²) < 4.78 is 28.1. The van der Waals surface area contributed by atoms with Crippen LogP contribution < -0.4 is 21.3 Å². The molecule has 4 atom stereocenters. The molecule has 42 heavy (non-hydrogen) atoms. The number of nitrogens with one attached hydrogen (secondary N) is 2. The van der Waals surface area contributed by atoms with Crippen molar-refractivity contribution < 1.29 is 52.8 Å². The van der Waals surface area contributed by atoms with Crippen molar-refractivity contribution in [2.24, 2.45) is 0 Å². The van der Waals surface area contributed by atoms with Crippen LogP contribution in [-0.4, -0.2) is 72.7 Å². The van der Waals surface area contributed by atoms with E-state index < -0.39 is 59.1 Å². The molecule has 1 aromatic carbocycles. The average molecular weight is 591 g/mol. The second-order valence-corrected chi connectivity index (χ2v) is 10.0. The van der Waals surface area contributed by atoms with Gasteiger partial charge in [-0.25, -0.2) is 15.1 Å². The van der Waals surface area contributed by atoms with Crippen LogP contribution in [0.15, 0.2) is 33.0 Å². The van der Waals surface area contributed by atoms with Gasteiger partial charge in [0.1, 0.15) is 29.8 Å². The third-order valence-corrected chi connectivity index (χ3v) is 6.28. The smallest absolute Gasteiger partial charge is 0.431 e. The van der Waals surface area contributed by atoms with Crippen LogP contribution >= 0.6 is 0 Å². The maximum atomic E-state index is 12.7. The predicted molar refractivity (Wildman–Crippen MR) is 146 cm³/mol. The molecule has 228 valence electrons. The van der Waals surface area contributed by atoms with Gasteiger partial charge in [-0.1, -0.05) is 17.6 Å². The van der Waals surface area contributed by atoms with Crippen LogP contribution in [-0.2, 0) is 23.9 Å². The number of aliphatic hydroxyl groups excluding tert-OH is 1. The molecule has 14 nitrogen and oxygen atoms in total. The number of fused-ring (bicyclic) bond motifs is 1. The summed E-state index contributed by atoms with van der Waals surface area (Å²) in [6, 6.07) is 2.78. The van der Waals surface area contributed by atoms with E-state index in [4.69, 9.17) is 39.5 Å². The maximum absolute atomic E-state index is 12.7. The quantitative estimate of drug-likeness (QED) is 0.104. The van der Waals surface area contributed by atoms with Crippen LogP contribution in [0.5, 0.6) is 11.5 Å². The highest BCUT2D eigenvalue weighted by molar-refractivity contribution is 6.01. The van der Waals surface area contributed by atoms with Gasteiger partial charge in [0.05, 0.1) is 17.6 Å². The molecule has 0 radical (unpaired) electrons. The van der Waals surface area contributed by atoms with Gasteiger partial charge in [0, 0.05) is 12.7 Å². The van der Waals surface area contributed by atoms with Gasteiger partial charge in [-0.05, 0) is 46.8 Å². The minimum absolute atomic E-state index is 0.0450. The molecular weight excluding hydrogens is 556 g/mol. The molecule has 0 aliphatic carbocycles. The number of terminal acetylenes is 1. The van der Waals surface area contributed by atoms with Crippen LogP contribution in [0.3, 0.4) is 0 Å². The zero-order valence-electron chi connectivity index (χ0n) is 24.0. The molecule has 3 rings (SSSR count). The normalized spacial score (nSPS) is 21.2. The van der Waals surface area contributed by atoms with Gasteiger partial charge in [-0.3, -0.25) is 14.5 Å². The minimum Gasteiger partial charge on any atom is -0.506 e. The Kier molecular flexibility index (Phi) is 10.6. The van der Waals surface area contributed by atoms with E-state index in [-0.39, 0.29) is 35.5 Å². The standard InChI is InChI=1S/C28H34N2O12/c1-8-12-37-30-27(35)41-22-20(32)26(42-28(5,6)23(22)36-7)39-17-10-9-16-19(31)18(25(34)40-21(16)15(17)4)24(33)29-38-13-11-14(2)3/h1,9-11,20,22-23,26,31-32H,12-13H2,2-7H3,(H,29,33)(H,30,35)/t20-,22+,23-,26-/m1/s1. The lowest BCUT2D eigenvalue weighted by Gasteiger charge is -2.47. The molecule has 2 amide bonds. The number of rotatable bonds is 10. The Labute approximate surface area is 241 Å². The SMILES string of the molecule is C#CCONC(=O)O[C@H]1[C@@H](O)[C@H](Oc2ccc3c(O)c(C(=O)NOCC=C(C)C)c(=O)oc3c2C)OC(C)(C)[C@@H]1OC. The summed E-state index contributed by atoms with van der Waals surface area (Å²) in [6.45, 7) is 8.36. The van der Waals surface area contributed by atoms with E-state index in [2.05, 4.69) is 11.4 Å². The number of hydrogen-bond donors (Lipinski definition) is 4. The number of allylic oxidation sites excluding steroid dienone is 1. The van der Waals surface area contributed by atoms with E-state index in [1.807, 2.05) is 19.3 Å². The van der Waals surface area contributed by atoms with Gasteiger partial charge in [0.15, 0.2) is 17.8 Å². The number of aromatic hydroxyl groups is 1. The molecule has 0 spiro atoms.